The summed E-state index contributed by atoms with van der Waals surface area (Å²) in [5.74, 6) is 0. The van der Waals surface area contributed by atoms with Crippen LogP contribution in [0.2, 0.25) is 19.6 Å². The minimum Gasteiger partial charge on any atom is -0.250 e. The van der Waals surface area contributed by atoms with Gasteiger partial charge in [-0.3, -0.25) is 9.69 Å². The number of aromatic nitrogens is 1. The lowest BCUT2D eigenvalue weighted by Crippen LogP contribution is -2.44. The zero-order valence-electron chi connectivity index (χ0n) is 13.7. The Bertz CT molecular complexity index is 818. The Morgan fingerprint density at radius 2 is 1.59 bits per heavy atom. The third-order valence-corrected chi connectivity index (χ3v) is 5.87. The molecule has 0 amide bonds. The number of aryl methyl sites for hydroxylation is 2. The zero-order valence-corrected chi connectivity index (χ0v) is 14.7. The molecule has 3 nitrogen and oxygen atoms in total. The number of rotatable bonds is 2. The second kappa shape index (κ2) is 5.75. The van der Waals surface area contributed by atoms with E-state index in [2.05, 4.69) is 52.2 Å². The molecule has 0 atom stereocenters. The molecule has 22 heavy (non-hydrogen) atoms. The van der Waals surface area contributed by atoms with E-state index in [1.807, 2.05) is 26.1 Å². The Kier molecular flexibility index (Phi) is 4.17. The van der Waals surface area contributed by atoms with Crippen LogP contribution in [0.25, 0.3) is 20.9 Å². The first-order valence-electron chi connectivity index (χ1n) is 7.18. The Hall–Kier alpha value is -2.43. The molecule has 1 heterocycles. The summed E-state index contributed by atoms with van der Waals surface area (Å²) in [6.45, 7) is 23.4. The quantitative estimate of drug-likeness (QED) is 0.449. The first-order valence-corrected chi connectivity index (χ1v) is 10.7. The maximum absolute atomic E-state index is 7.27. The van der Waals surface area contributed by atoms with Crippen LogP contribution in [0.15, 0.2) is 30.5 Å². The molecule has 1 aromatic heterocycles. The van der Waals surface area contributed by atoms with Gasteiger partial charge in [-0.2, -0.15) is 0 Å². The van der Waals surface area contributed by atoms with E-state index in [-0.39, 0.29) is 0 Å². The van der Waals surface area contributed by atoms with Crippen LogP contribution < -0.4 is 9.75 Å². The summed E-state index contributed by atoms with van der Waals surface area (Å²) in [5, 5.41) is 1.40. The lowest BCUT2D eigenvalue weighted by molar-refractivity contribution is -0.659. The van der Waals surface area contributed by atoms with Crippen LogP contribution in [-0.2, 0) is 7.05 Å². The highest BCUT2D eigenvalue weighted by Crippen LogP contribution is 2.34. The Balaban J connectivity index is 2.64. The van der Waals surface area contributed by atoms with Crippen molar-refractivity contribution >= 4 is 24.6 Å². The number of hydrogen-bond donors (Lipinski definition) is 0. The van der Waals surface area contributed by atoms with E-state index in [1.165, 1.54) is 5.19 Å². The highest BCUT2D eigenvalue weighted by Gasteiger charge is 2.22. The normalized spacial score (nSPS) is 10.9. The molecule has 0 N–H and O–H groups in total. The average molecular weight is 306 g/mol. The molecule has 0 bridgehead atoms. The van der Waals surface area contributed by atoms with Crippen LogP contribution in [0.5, 0.6) is 0 Å². The van der Waals surface area contributed by atoms with Crippen molar-refractivity contribution in [2.45, 2.75) is 26.6 Å². The van der Waals surface area contributed by atoms with Gasteiger partial charge >= 0.3 is 0 Å². The molecule has 0 aliphatic rings. The van der Waals surface area contributed by atoms with Crippen molar-refractivity contribution < 1.29 is 4.57 Å². The van der Waals surface area contributed by atoms with Gasteiger partial charge in [0.05, 0.1) is 21.2 Å². The van der Waals surface area contributed by atoms with Crippen molar-refractivity contribution in [2.75, 3.05) is 0 Å². The molecule has 0 aliphatic carbocycles. The maximum Gasteiger partial charge on any atom is 0.211 e. The summed E-state index contributed by atoms with van der Waals surface area (Å²) in [7, 11) is 0.697. The summed E-state index contributed by atoms with van der Waals surface area (Å²) in [6.07, 6.45) is 2.20. The van der Waals surface area contributed by atoms with Gasteiger partial charge in [0.1, 0.15) is 7.05 Å². The molecule has 0 spiro atoms. The van der Waals surface area contributed by atoms with E-state index in [0.717, 1.165) is 16.8 Å². The third-order valence-electron chi connectivity index (χ3n) is 3.84. The van der Waals surface area contributed by atoms with Gasteiger partial charge < -0.3 is 0 Å². The van der Waals surface area contributed by atoms with Crippen molar-refractivity contribution in [1.29, 1.82) is 0 Å². The van der Waals surface area contributed by atoms with E-state index >= 15 is 0 Å². The smallest absolute Gasteiger partial charge is 0.211 e. The van der Waals surface area contributed by atoms with Crippen molar-refractivity contribution in [2.24, 2.45) is 7.05 Å². The van der Waals surface area contributed by atoms with E-state index in [1.54, 1.807) is 0 Å². The molecule has 110 valence electrons. The van der Waals surface area contributed by atoms with Gasteiger partial charge in [-0.25, -0.2) is 4.57 Å². The summed E-state index contributed by atoms with van der Waals surface area (Å²) >= 11 is 0. The number of hydrogen-bond acceptors (Lipinski definition) is 0. The summed E-state index contributed by atoms with van der Waals surface area (Å²) in [5.41, 5.74) is 3.96. The predicted molar refractivity (Wildman–Crippen MR) is 93.3 cm³/mol. The Morgan fingerprint density at radius 3 is 2.09 bits per heavy atom. The average Bonchev–Trinajstić information content (AvgIpc) is 2.46. The number of benzene rings is 1. The standard InChI is InChI=1S/C18H20N3Si/c1-13-10-16(19-2)17(20-3)11-15(13)18-9-8-14(12-21(18)4)22(5,6)7/h8-12H,1,4-7H3/q+1. The van der Waals surface area contributed by atoms with Crippen molar-refractivity contribution in [3.05, 3.63) is 58.9 Å². The molecular formula is C18H20N3Si+. The topological polar surface area (TPSA) is 12.6 Å². The number of nitrogens with zero attached hydrogens (tertiary/aromatic N) is 3. The Morgan fingerprint density at radius 1 is 1.00 bits per heavy atom. The minimum atomic E-state index is -1.34. The van der Waals surface area contributed by atoms with Crippen LogP contribution in [0.1, 0.15) is 5.56 Å². The molecule has 1 aromatic carbocycles. The first kappa shape index (κ1) is 15.9. The van der Waals surface area contributed by atoms with Crippen molar-refractivity contribution in [3.63, 3.8) is 0 Å². The Labute approximate surface area is 133 Å². The van der Waals surface area contributed by atoms with Crippen LogP contribution in [0.3, 0.4) is 0 Å². The van der Waals surface area contributed by atoms with Crippen LogP contribution in [-0.4, -0.2) is 8.07 Å². The fourth-order valence-corrected chi connectivity index (χ4v) is 3.63. The molecule has 4 heteroatoms. The SMILES string of the molecule is [C-]#[N+]c1cc(C)c(-c2ccc([Si](C)(C)C)c[n+]2C)cc1[N+]#[C-]. The van der Waals surface area contributed by atoms with Gasteiger partial charge in [-0.1, -0.05) is 43.4 Å². The lowest BCUT2D eigenvalue weighted by atomic mass is 10.0. The molecule has 0 fully saturated rings. The molecule has 0 saturated carbocycles. The minimum absolute atomic E-state index is 0.421. The third kappa shape index (κ3) is 2.93. The molecule has 0 unspecified atom stereocenters. The largest absolute Gasteiger partial charge is 0.250 e. The lowest BCUT2D eigenvalue weighted by Gasteiger charge is -2.15. The van der Waals surface area contributed by atoms with Gasteiger partial charge in [0, 0.05) is 16.8 Å². The van der Waals surface area contributed by atoms with E-state index in [0.29, 0.717) is 11.4 Å². The summed E-state index contributed by atoms with van der Waals surface area (Å²) in [6, 6.07) is 7.96. The predicted octanol–water partition coefficient (Wildman–Crippen LogP) is 4.13. The van der Waals surface area contributed by atoms with Crippen LogP contribution in [0, 0.1) is 20.1 Å². The van der Waals surface area contributed by atoms with Gasteiger partial charge in [0.15, 0.2) is 17.6 Å². The second-order valence-corrected chi connectivity index (χ2v) is 11.6. The fraction of sp³-hybridized carbons (Fsp3) is 0.278. The molecule has 0 saturated heterocycles. The highest BCUT2D eigenvalue weighted by molar-refractivity contribution is 6.88. The highest BCUT2D eigenvalue weighted by atomic mass is 28.3. The summed E-state index contributed by atoms with van der Waals surface area (Å²) in [4.78, 5) is 6.93. The van der Waals surface area contributed by atoms with Gasteiger partial charge in [-0.05, 0) is 6.92 Å². The van der Waals surface area contributed by atoms with Crippen LogP contribution >= 0.6 is 0 Å². The monoisotopic (exact) mass is 306 g/mol. The fourth-order valence-electron chi connectivity index (χ4n) is 2.47. The first-order chi connectivity index (χ1) is 10.3. The van der Waals surface area contributed by atoms with E-state index in [9.17, 15) is 0 Å². The second-order valence-electron chi connectivity index (χ2n) is 6.54. The molecule has 0 radical (unpaired) electrons. The van der Waals surface area contributed by atoms with Crippen LogP contribution in [0.4, 0.5) is 11.4 Å². The zero-order chi connectivity index (χ0) is 16.5. The van der Waals surface area contributed by atoms with E-state index in [4.69, 9.17) is 13.1 Å². The van der Waals surface area contributed by atoms with Crippen molar-refractivity contribution in [3.8, 4) is 11.3 Å². The number of pyridine rings is 1. The van der Waals surface area contributed by atoms with Gasteiger partial charge in [0.2, 0.25) is 5.69 Å². The van der Waals surface area contributed by atoms with E-state index < -0.39 is 8.07 Å². The van der Waals surface area contributed by atoms with Gasteiger partial charge in [0.25, 0.3) is 0 Å². The molecule has 0 aliphatic heterocycles. The molecular weight excluding hydrogens is 286 g/mol. The molecule has 2 aromatic rings. The maximum atomic E-state index is 7.27. The van der Waals surface area contributed by atoms with Gasteiger partial charge in [-0.15, -0.1) is 0 Å². The summed E-state index contributed by atoms with van der Waals surface area (Å²) < 4.78 is 2.13. The molecule has 2 rings (SSSR count). The van der Waals surface area contributed by atoms with Crippen molar-refractivity contribution in [1.82, 2.24) is 0 Å².